The van der Waals surface area contributed by atoms with Crippen LogP contribution in [-0.2, 0) is 4.74 Å². The largest absolute Gasteiger partial charge is 0.381 e. The molecule has 1 aliphatic rings. The average Bonchev–Trinajstić information content (AvgIpc) is 3.10. The second-order valence-electron chi connectivity index (χ2n) is 5.54. The van der Waals surface area contributed by atoms with Gasteiger partial charge in [-0.2, -0.15) is 0 Å². The van der Waals surface area contributed by atoms with Crippen LogP contribution >= 0.6 is 0 Å². The Bertz CT molecular complexity index is 180. The lowest BCUT2D eigenvalue weighted by Crippen LogP contribution is -2.33. The Hall–Kier alpha value is -0.0800. The van der Waals surface area contributed by atoms with Gasteiger partial charge in [0.25, 0.3) is 0 Å². The maximum atomic E-state index is 5.67. The topological polar surface area (TPSA) is 21.3 Å². The van der Waals surface area contributed by atoms with Crippen molar-refractivity contribution in [2.45, 2.75) is 65.3 Å². The quantitative estimate of drug-likeness (QED) is 0.578. The molecule has 1 unspecified atom stereocenters. The molecule has 0 bridgehead atoms. The number of unbranched alkanes of at least 4 members (excludes halogenated alkanes) is 1. The third kappa shape index (κ3) is 5.86. The smallest absolute Gasteiger partial charge is 0.0471 e. The molecule has 0 aromatic carbocycles. The fourth-order valence-corrected chi connectivity index (χ4v) is 1.74. The zero-order chi connectivity index (χ0) is 11.9. The first-order chi connectivity index (χ1) is 7.70. The lowest BCUT2D eigenvalue weighted by molar-refractivity contribution is 0.0943. The van der Waals surface area contributed by atoms with Gasteiger partial charge >= 0.3 is 0 Å². The standard InChI is InChI=1S/C14H29NO/c1-4-6-10-16-11-9-14(3,5-2)12-15-13-7-8-13/h13,15H,4-12H2,1-3H3. The van der Waals surface area contributed by atoms with Crippen molar-refractivity contribution in [2.24, 2.45) is 5.41 Å². The Labute approximate surface area is 101 Å². The zero-order valence-corrected chi connectivity index (χ0v) is 11.3. The Morgan fingerprint density at radius 2 is 2.00 bits per heavy atom. The number of hydrogen-bond donors (Lipinski definition) is 1. The van der Waals surface area contributed by atoms with Gasteiger partial charge in [-0.25, -0.2) is 0 Å². The predicted octanol–water partition coefficient (Wildman–Crippen LogP) is 3.36. The molecule has 0 aromatic rings. The summed E-state index contributed by atoms with van der Waals surface area (Å²) in [6.45, 7) is 9.90. The summed E-state index contributed by atoms with van der Waals surface area (Å²) < 4.78 is 5.67. The third-order valence-electron chi connectivity index (χ3n) is 3.74. The normalized spacial score (nSPS) is 19.7. The van der Waals surface area contributed by atoms with Gasteiger partial charge in [-0.3, -0.25) is 0 Å². The second kappa shape index (κ2) is 7.29. The molecule has 0 radical (unpaired) electrons. The summed E-state index contributed by atoms with van der Waals surface area (Å²) in [4.78, 5) is 0. The van der Waals surface area contributed by atoms with Crippen molar-refractivity contribution in [1.29, 1.82) is 0 Å². The van der Waals surface area contributed by atoms with Crippen molar-refractivity contribution in [3.8, 4) is 0 Å². The van der Waals surface area contributed by atoms with Crippen molar-refractivity contribution >= 4 is 0 Å². The molecule has 1 N–H and O–H groups in total. The maximum absolute atomic E-state index is 5.67. The molecule has 0 saturated heterocycles. The van der Waals surface area contributed by atoms with Crippen LogP contribution in [0, 0.1) is 5.41 Å². The van der Waals surface area contributed by atoms with Crippen molar-refractivity contribution in [3.05, 3.63) is 0 Å². The van der Waals surface area contributed by atoms with E-state index in [-0.39, 0.29) is 0 Å². The summed E-state index contributed by atoms with van der Waals surface area (Å²) in [6, 6.07) is 0.826. The third-order valence-corrected chi connectivity index (χ3v) is 3.74. The predicted molar refractivity (Wildman–Crippen MR) is 69.8 cm³/mol. The highest BCUT2D eigenvalue weighted by Gasteiger charge is 2.26. The monoisotopic (exact) mass is 227 g/mol. The summed E-state index contributed by atoms with van der Waals surface area (Å²) in [5.74, 6) is 0. The fraction of sp³-hybridized carbons (Fsp3) is 1.00. The summed E-state index contributed by atoms with van der Waals surface area (Å²) in [5, 5.41) is 3.64. The first-order valence-corrected chi connectivity index (χ1v) is 7.01. The van der Waals surface area contributed by atoms with Gasteiger partial charge in [-0.05, 0) is 37.5 Å². The molecule has 1 saturated carbocycles. The van der Waals surface area contributed by atoms with Crippen molar-refractivity contribution in [3.63, 3.8) is 0 Å². The van der Waals surface area contributed by atoms with Crippen molar-refractivity contribution < 1.29 is 4.74 Å². The van der Waals surface area contributed by atoms with E-state index in [0.717, 1.165) is 25.8 Å². The van der Waals surface area contributed by atoms with Crippen molar-refractivity contribution in [2.75, 3.05) is 19.8 Å². The molecule has 0 aromatic heterocycles. The Morgan fingerprint density at radius 1 is 1.25 bits per heavy atom. The minimum atomic E-state index is 0.425. The zero-order valence-electron chi connectivity index (χ0n) is 11.3. The SMILES string of the molecule is CCCCOCCC(C)(CC)CNC1CC1. The highest BCUT2D eigenvalue weighted by Crippen LogP contribution is 2.27. The van der Waals surface area contributed by atoms with Gasteiger partial charge < -0.3 is 10.1 Å². The summed E-state index contributed by atoms with van der Waals surface area (Å²) >= 11 is 0. The number of hydrogen-bond acceptors (Lipinski definition) is 2. The second-order valence-corrected chi connectivity index (χ2v) is 5.54. The minimum Gasteiger partial charge on any atom is -0.381 e. The van der Waals surface area contributed by atoms with E-state index in [1.54, 1.807) is 0 Å². The Kier molecular flexibility index (Phi) is 6.37. The Balaban J connectivity index is 2.07. The first kappa shape index (κ1) is 14.0. The molecular weight excluding hydrogens is 198 g/mol. The maximum Gasteiger partial charge on any atom is 0.0471 e. The lowest BCUT2D eigenvalue weighted by Gasteiger charge is -2.28. The van der Waals surface area contributed by atoms with Gasteiger partial charge in [0.15, 0.2) is 0 Å². The molecular formula is C14H29NO. The molecule has 2 heteroatoms. The van der Waals surface area contributed by atoms with Crippen LogP contribution in [0.25, 0.3) is 0 Å². The van der Waals surface area contributed by atoms with E-state index in [1.165, 1.54) is 38.5 Å². The minimum absolute atomic E-state index is 0.425. The lowest BCUT2D eigenvalue weighted by atomic mass is 9.84. The molecule has 16 heavy (non-hydrogen) atoms. The van der Waals surface area contributed by atoms with Gasteiger partial charge in [0, 0.05) is 25.8 Å². The van der Waals surface area contributed by atoms with Crippen LogP contribution in [0.5, 0.6) is 0 Å². The van der Waals surface area contributed by atoms with E-state index >= 15 is 0 Å². The molecule has 0 spiro atoms. The molecule has 0 aliphatic heterocycles. The molecule has 1 rings (SSSR count). The summed E-state index contributed by atoms with van der Waals surface area (Å²) in [7, 11) is 0. The molecule has 1 aliphatic carbocycles. The molecule has 1 fully saturated rings. The van der Waals surface area contributed by atoms with E-state index in [2.05, 4.69) is 26.1 Å². The van der Waals surface area contributed by atoms with E-state index < -0.39 is 0 Å². The van der Waals surface area contributed by atoms with E-state index in [4.69, 9.17) is 4.74 Å². The number of rotatable bonds is 10. The first-order valence-electron chi connectivity index (χ1n) is 7.01. The molecule has 96 valence electrons. The van der Waals surface area contributed by atoms with Gasteiger partial charge in [0.2, 0.25) is 0 Å². The number of nitrogens with one attached hydrogen (secondary N) is 1. The van der Waals surface area contributed by atoms with Crippen LogP contribution in [0.3, 0.4) is 0 Å². The van der Waals surface area contributed by atoms with Crippen LogP contribution in [0.15, 0.2) is 0 Å². The molecule has 0 heterocycles. The number of ether oxygens (including phenoxy) is 1. The van der Waals surface area contributed by atoms with E-state index in [1.807, 2.05) is 0 Å². The van der Waals surface area contributed by atoms with Crippen molar-refractivity contribution in [1.82, 2.24) is 5.32 Å². The summed E-state index contributed by atoms with van der Waals surface area (Å²) in [6.07, 6.45) is 7.62. The molecule has 1 atom stereocenters. The van der Waals surface area contributed by atoms with Crippen LogP contribution < -0.4 is 5.32 Å². The molecule has 2 nitrogen and oxygen atoms in total. The van der Waals surface area contributed by atoms with Gasteiger partial charge in [0.05, 0.1) is 0 Å². The van der Waals surface area contributed by atoms with Crippen LogP contribution in [0.2, 0.25) is 0 Å². The Morgan fingerprint density at radius 3 is 2.56 bits per heavy atom. The highest BCUT2D eigenvalue weighted by molar-refractivity contribution is 4.85. The van der Waals surface area contributed by atoms with Crippen LogP contribution in [-0.4, -0.2) is 25.8 Å². The highest BCUT2D eigenvalue weighted by atomic mass is 16.5. The van der Waals surface area contributed by atoms with Gasteiger partial charge in [0.1, 0.15) is 0 Å². The molecule has 0 amide bonds. The van der Waals surface area contributed by atoms with E-state index in [0.29, 0.717) is 5.41 Å². The van der Waals surface area contributed by atoms with E-state index in [9.17, 15) is 0 Å². The van der Waals surface area contributed by atoms with Gasteiger partial charge in [-0.15, -0.1) is 0 Å². The summed E-state index contributed by atoms with van der Waals surface area (Å²) in [5.41, 5.74) is 0.425. The fourth-order valence-electron chi connectivity index (χ4n) is 1.74. The van der Waals surface area contributed by atoms with Crippen LogP contribution in [0.4, 0.5) is 0 Å². The van der Waals surface area contributed by atoms with Crippen LogP contribution in [0.1, 0.15) is 59.3 Å². The van der Waals surface area contributed by atoms with Gasteiger partial charge in [-0.1, -0.05) is 27.2 Å². The average molecular weight is 227 g/mol.